The molecule has 1 unspecified atom stereocenters. The van der Waals surface area contributed by atoms with Crippen LogP contribution in [0.1, 0.15) is 16.1 Å². The number of azo groups is 1. The summed E-state index contributed by atoms with van der Waals surface area (Å²) in [5.74, 6) is 1.37. The molecule has 3 rings (SSSR count). The first-order valence-corrected chi connectivity index (χ1v) is 7.13. The highest BCUT2D eigenvalue weighted by Gasteiger charge is 2.21. The zero-order chi connectivity index (χ0) is 13.9. The average molecular weight is 333 g/mol. The van der Waals surface area contributed by atoms with Gasteiger partial charge in [0, 0.05) is 11.6 Å². The lowest BCUT2D eigenvalue weighted by Gasteiger charge is -2.12. The minimum atomic E-state index is -0.102. The van der Waals surface area contributed by atoms with Crippen molar-refractivity contribution in [1.82, 2.24) is 0 Å². The highest BCUT2D eigenvalue weighted by atomic mass is 79.9. The Morgan fingerprint density at radius 3 is 2.70 bits per heavy atom. The Morgan fingerprint density at radius 1 is 1.15 bits per heavy atom. The monoisotopic (exact) mass is 332 g/mol. The quantitative estimate of drug-likeness (QED) is 0.598. The molecule has 0 radical (unpaired) electrons. The number of alkyl halides is 1. The van der Waals surface area contributed by atoms with E-state index in [0.717, 1.165) is 16.8 Å². The van der Waals surface area contributed by atoms with Crippen molar-refractivity contribution in [1.29, 1.82) is 0 Å². The molecule has 0 saturated heterocycles. The largest absolute Gasteiger partial charge is 0.493 e. The molecular weight excluding hydrogens is 320 g/mol. The summed E-state index contributed by atoms with van der Waals surface area (Å²) in [4.78, 5) is -0.102. The van der Waals surface area contributed by atoms with Crippen LogP contribution < -0.4 is 9.47 Å². The van der Waals surface area contributed by atoms with E-state index in [0.29, 0.717) is 18.1 Å². The van der Waals surface area contributed by atoms with Crippen molar-refractivity contribution >= 4 is 21.6 Å². The molecule has 0 N–H and O–H groups in total. The summed E-state index contributed by atoms with van der Waals surface area (Å²) in [7, 11) is 1.63. The topological polar surface area (TPSA) is 43.2 Å². The van der Waals surface area contributed by atoms with Crippen molar-refractivity contribution in [2.75, 3.05) is 7.11 Å². The van der Waals surface area contributed by atoms with Crippen LogP contribution >= 0.6 is 15.9 Å². The Kier molecular flexibility index (Phi) is 3.69. The predicted molar refractivity (Wildman–Crippen MR) is 80.0 cm³/mol. The van der Waals surface area contributed by atoms with Crippen LogP contribution in [0.3, 0.4) is 0 Å². The standard InChI is InChI=1S/C15H13BrN2O2/c1-19-13-7-11-12(17-18-15(11)16)8-14(13)20-9-10-5-3-2-4-6-10/h2-8,15H,9H2,1H3. The molecule has 5 heteroatoms. The molecule has 1 atom stereocenters. The molecule has 2 aromatic carbocycles. The van der Waals surface area contributed by atoms with E-state index in [-0.39, 0.29) is 4.95 Å². The lowest BCUT2D eigenvalue weighted by atomic mass is 10.1. The molecule has 0 saturated carbocycles. The second-order valence-corrected chi connectivity index (χ2v) is 5.25. The third kappa shape index (κ3) is 2.54. The van der Waals surface area contributed by atoms with Gasteiger partial charge in [-0.25, -0.2) is 0 Å². The number of ether oxygens (including phenoxy) is 2. The first kappa shape index (κ1) is 13.1. The lowest BCUT2D eigenvalue weighted by molar-refractivity contribution is 0.284. The van der Waals surface area contributed by atoms with Gasteiger partial charge in [0.15, 0.2) is 16.5 Å². The second-order valence-electron chi connectivity index (χ2n) is 4.39. The molecule has 2 aromatic rings. The zero-order valence-electron chi connectivity index (χ0n) is 10.9. The molecule has 1 aliphatic rings. The SMILES string of the molecule is COc1cc2c(cc1OCc1ccccc1)N=NC2Br. The third-order valence-corrected chi connectivity index (χ3v) is 3.75. The van der Waals surface area contributed by atoms with E-state index in [4.69, 9.17) is 9.47 Å². The summed E-state index contributed by atoms with van der Waals surface area (Å²) in [5.41, 5.74) is 2.92. The van der Waals surface area contributed by atoms with Crippen molar-refractivity contribution in [2.45, 2.75) is 11.6 Å². The minimum absolute atomic E-state index is 0.102. The molecule has 1 heterocycles. The van der Waals surface area contributed by atoms with Crippen LogP contribution in [0.4, 0.5) is 5.69 Å². The first-order chi connectivity index (χ1) is 9.78. The van der Waals surface area contributed by atoms with Gasteiger partial charge >= 0.3 is 0 Å². The van der Waals surface area contributed by atoms with Crippen LogP contribution in [0.25, 0.3) is 0 Å². The lowest BCUT2D eigenvalue weighted by Crippen LogP contribution is -1.98. The number of nitrogens with zero attached hydrogens (tertiary/aromatic N) is 2. The minimum Gasteiger partial charge on any atom is -0.493 e. The van der Waals surface area contributed by atoms with Gasteiger partial charge in [0.25, 0.3) is 0 Å². The number of benzene rings is 2. The number of methoxy groups -OCH3 is 1. The van der Waals surface area contributed by atoms with E-state index in [1.54, 1.807) is 7.11 Å². The van der Waals surface area contributed by atoms with E-state index < -0.39 is 0 Å². The summed E-state index contributed by atoms with van der Waals surface area (Å²) in [6.07, 6.45) is 0. The Bertz CT molecular complexity index is 644. The molecule has 1 aliphatic heterocycles. The molecule has 0 aromatic heterocycles. The third-order valence-electron chi connectivity index (χ3n) is 3.07. The van der Waals surface area contributed by atoms with Crippen LogP contribution in [-0.2, 0) is 6.61 Å². The van der Waals surface area contributed by atoms with Gasteiger partial charge in [0.2, 0.25) is 0 Å². The number of rotatable bonds is 4. The van der Waals surface area contributed by atoms with Crippen LogP contribution in [-0.4, -0.2) is 7.11 Å². The van der Waals surface area contributed by atoms with Crippen LogP contribution in [0.5, 0.6) is 11.5 Å². The molecule has 4 nitrogen and oxygen atoms in total. The molecule has 0 amide bonds. The van der Waals surface area contributed by atoms with Crippen molar-refractivity contribution < 1.29 is 9.47 Å². The number of hydrogen-bond acceptors (Lipinski definition) is 4. The van der Waals surface area contributed by atoms with Gasteiger partial charge in [-0.3, -0.25) is 0 Å². The van der Waals surface area contributed by atoms with Crippen molar-refractivity contribution in [3.8, 4) is 11.5 Å². The maximum atomic E-state index is 5.83. The summed E-state index contributed by atoms with van der Waals surface area (Å²) < 4.78 is 11.2. The normalized spacial score (nSPS) is 16.0. The maximum absolute atomic E-state index is 5.83. The fraction of sp³-hybridized carbons (Fsp3) is 0.200. The van der Waals surface area contributed by atoms with Crippen LogP contribution in [0, 0.1) is 0 Å². The fourth-order valence-corrected chi connectivity index (χ4v) is 2.48. The molecule has 0 spiro atoms. The number of fused-ring (bicyclic) bond motifs is 1. The zero-order valence-corrected chi connectivity index (χ0v) is 12.5. The predicted octanol–water partition coefficient (Wildman–Crippen LogP) is 4.77. The highest BCUT2D eigenvalue weighted by Crippen LogP contribution is 2.45. The van der Waals surface area contributed by atoms with Gasteiger partial charge in [-0.2, -0.15) is 10.2 Å². The molecule has 20 heavy (non-hydrogen) atoms. The second kappa shape index (κ2) is 5.63. The van der Waals surface area contributed by atoms with Crippen LogP contribution in [0.2, 0.25) is 0 Å². The van der Waals surface area contributed by atoms with Gasteiger partial charge in [-0.05, 0) is 11.6 Å². The number of hydrogen-bond donors (Lipinski definition) is 0. The molecular formula is C15H13BrN2O2. The molecule has 0 aliphatic carbocycles. The average Bonchev–Trinajstić information content (AvgIpc) is 2.86. The first-order valence-electron chi connectivity index (χ1n) is 6.21. The van der Waals surface area contributed by atoms with Gasteiger partial charge in [0.1, 0.15) is 6.61 Å². The smallest absolute Gasteiger partial charge is 0.163 e. The Labute approximate surface area is 125 Å². The Hall–Kier alpha value is -1.88. The Balaban J connectivity index is 1.84. The van der Waals surface area contributed by atoms with E-state index >= 15 is 0 Å². The van der Waals surface area contributed by atoms with Crippen molar-refractivity contribution in [2.24, 2.45) is 10.2 Å². The van der Waals surface area contributed by atoms with Crippen molar-refractivity contribution in [3.63, 3.8) is 0 Å². The van der Waals surface area contributed by atoms with Gasteiger partial charge < -0.3 is 9.47 Å². The number of halogens is 1. The summed E-state index contributed by atoms with van der Waals surface area (Å²) >= 11 is 3.44. The summed E-state index contributed by atoms with van der Waals surface area (Å²) in [6, 6.07) is 13.8. The van der Waals surface area contributed by atoms with E-state index in [9.17, 15) is 0 Å². The Morgan fingerprint density at radius 2 is 1.95 bits per heavy atom. The maximum Gasteiger partial charge on any atom is 0.163 e. The molecule has 0 bridgehead atoms. The van der Waals surface area contributed by atoms with Gasteiger partial charge in [0.05, 0.1) is 12.8 Å². The molecule has 102 valence electrons. The van der Waals surface area contributed by atoms with Gasteiger partial charge in [-0.15, -0.1) is 0 Å². The van der Waals surface area contributed by atoms with E-state index in [1.165, 1.54) is 0 Å². The fourth-order valence-electron chi connectivity index (χ4n) is 2.03. The van der Waals surface area contributed by atoms with Crippen LogP contribution in [0.15, 0.2) is 52.7 Å². The molecule has 0 fully saturated rings. The van der Waals surface area contributed by atoms with Gasteiger partial charge in [-0.1, -0.05) is 46.3 Å². The summed E-state index contributed by atoms with van der Waals surface area (Å²) in [5, 5.41) is 8.18. The van der Waals surface area contributed by atoms with E-state index in [2.05, 4.69) is 26.2 Å². The summed E-state index contributed by atoms with van der Waals surface area (Å²) in [6.45, 7) is 0.491. The van der Waals surface area contributed by atoms with E-state index in [1.807, 2.05) is 42.5 Å². The highest BCUT2D eigenvalue weighted by molar-refractivity contribution is 9.09. The van der Waals surface area contributed by atoms with Crippen molar-refractivity contribution in [3.05, 3.63) is 53.6 Å².